The van der Waals surface area contributed by atoms with Gasteiger partial charge in [0, 0.05) is 0 Å². The number of benzene rings is 1. The molecule has 0 aromatic heterocycles. The molecule has 1 aliphatic heterocycles. The van der Waals surface area contributed by atoms with Crippen LogP contribution in [-0.4, -0.2) is 5.11 Å². The molecule has 0 atom stereocenters. The van der Waals surface area contributed by atoms with Crippen LogP contribution in [0.3, 0.4) is 0 Å². The first-order valence-corrected chi connectivity index (χ1v) is 3.77. The van der Waals surface area contributed by atoms with E-state index in [0.717, 1.165) is 11.1 Å². The first-order valence-electron chi connectivity index (χ1n) is 3.77. The van der Waals surface area contributed by atoms with Crippen LogP contribution in [0.5, 0.6) is 0 Å². The molecule has 1 aliphatic rings. The Morgan fingerprint density at radius 1 is 1.25 bits per heavy atom. The Hall–Kier alpha value is -0.940. The molecule has 1 heterocycles. The van der Waals surface area contributed by atoms with E-state index in [-0.39, 0.29) is 12.8 Å². The predicted molar refractivity (Wildman–Crippen MR) is 42.5 cm³/mol. The number of hydrogen-bond acceptors (Lipinski definition) is 4. The Morgan fingerprint density at radius 3 is 2.33 bits per heavy atom. The average Bonchev–Trinajstić information content (AvgIpc) is 2.03. The Bertz CT molecular complexity index is 256. The second-order valence-electron chi connectivity index (χ2n) is 2.67. The van der Waals surface area contributed by atoms with Crippen molar-refractivity contribution in [1.82, 2.24) is 11.0 Å². The Labute approximate surface area is 70.1 Å². The number of aliphatic hydroxyl groups excluding tert-OH is 1. The molecule has 4 heteroatoms. The monoisotopic (exact) mass is 166 g/mol. The zero-order valence-corrected chi connectivity index (χ0v) is 6.45. The van der Waals surface area contributed by atoms with E-state index in [1.807, 2.05) is 24.3 Å². The molecule has 1 aromatic rings. The van der Waals surface area contributed by atoms with Gasteiger partial charge in [-0.25, -0.2) is 4.94 Å². The van der Waals surface area contributed by atoms with Crippen LogP contribution >= 0.6 is 0 Å². The number of hydroxylamine groups is 2. The van der Waals surface area contributed by atoms with Gasteiger partial charge in [0.2, 0.25) is 0 Å². The third kappa shape index (κ3) is 1.33. The lowest BCUT2D eigenvalue weighted by Crippen LogP contribution is -2.48. The standard InChI is InChI=1S/C8H10N2O2/c11-5-6-1-3-7(4-2-6)8-9-12-10-8/h1-4,8-11H,5H2. The molecule has 0 spiro atoms. The van der Waals surface area contributed by atoms with Crippen LogP contribution in [0.15, 0.2) is 24.3 Å². The minimum atomic E-state index is 0.0812. The third-order valence-corrected chi connectivity index (χ3v) is 1.85. The van der Waals surface area contributed by atoms with Gasteiger partial charge >= 0.3 is 0 Å². The number of hydrogen-bond donors (Lipinski definition) is 3. The van der Waals surface area contributed by atoms with Crippen molar-refractivity contribution >= 4 is 0 Å². The van der Waals surface area contributed by atoms with Gasteiger partial charge in [0.05, 0.1) is 6.61 Å². The van der Waals surface area contributed by atoms with Gasteiger partial charge in [-0.15, -0.1) is 0 Å². The van der Waals surface area contributed by atoms with Crippen molar-refractivity contribution in [2.75, 3.05) is 0 Å². The maximum atomic E-state index is 8.78. The molecule has 0 unspecified atom stereocenters. The van der Waals surface area contributed by atoms with Gasteiger partial charge in [0.15, 0.2) is 0 Å². The summed E-state index contributed by atoms with van der Waals surface area (Å²) in [7, 11) is 0. The topological polar surface area (TPSA) is 53.5 Å². The van der Waals surface area contributed by atoms with Gasteiger partial charge in [-0.3, -0.25) is 0 Å². The van der Waals surface area contributed by atoms with Crippen LogP contribution < -0.4 is 11.0 Å². The highest BCUT2D eigenvalue weighted by Crippen LogP contribution is 2.14. The average molecular weight is 166 g/mol. The van der Waals surface area contributed by atoms with Gasteiger partial charge in [-0.05, 0) is 11.1 Å². The summed E-state index contributed by atoms with van der Waals surface area (Å²) in [5, 5.41) is 8.78. The third-order valence-electron chi connectivity index (χ3n) is 1.85. The van der Waals surface area contributed by atoms with Crippen LogP contribution in [0.25, 0.3) is 0 Å². The molecule has 12 heavy (non-hydrogen) atoms. The SMILES string of the molecule is OCc1ccc(C2NON2)cc1. The maximum Gasteiger partial charge on any atom is 0.133 e. The zero-order valence-electron chi connectivity index (χ0n) is 6.45. The number of rotatable bonds is 2. The quantitative estimate of drug-likeness (QED) is 0.588. The number of aliphatic hydroxyl groups is 1. The van der Waals surface area contributed by atoms with Gasteiger partial charge in [0.25, 0.3) is 0 Å². The molecule has 1 saturated heterocycles. The van der Waals surface area contributed by atoms with Crippen molar-refractivity contribution in [2.24, 2.45) is 0 Å². The van der Waals surface area contributed by atoms with Crippen LogP contribution in [0.4, 0.5) is 0 Å². The zero-order chi connectivity index (χ0) is 8.39. The molecule has 0 aliphatic carbocycles. The van der Waals surface area contributed by atoms with Crippen molar-refractivity contribution in [3.63, 3.8) is 0 Å². The fourth-order valence-electron chi connectivity index (χ4n) is 1.07. The lowest BCUT2D eigenvalue weighted by atomic mass is 10.1. The van der Waals surface area contributed by atoms with Gasteiger partial charge in [0.1, 0.15) is 6.17 Å². The minimum Gasteiger partial charge on any atom is -0.392 e. The predicted octanol–water partition coefficient (Wildman–Crippen LogP) is 0.217. The van der Waals surface area contributed by atoms with Crippen LogP contribution in [0.2, 0.25) is 0 Å². The van der Waals surface area contributed by atoms with E-state index >= 15 is 0 Å². The minimum absolute atomic E-state index is 0.0812. The van der Waals surface area contributed by atoms with Crippen molar-refractivity contribution in [2.45, 2.75) is 12.8 Å². The maximum absolute atomic E-state index is 8.78. The molecule has 0 bridgehead atoms. The highest BCUT2D eigenvalue weighted by atomic mass is 16.8. The summed E-state index contributed by atoms with van der Waals surface area (Å²) in [6.07, 6.45) is 0.0812. The molecule has 3 N–H and O–H groups in total. The molecule has 0 radical (unpaired) electrons. The second-order valence-corrected chi connectivity index (χ2v) is 2.67. The summed E-state index contributed by atoms with van der Waals surface area (Å²) in [6, 6.07) is 7.66. The van der Waals surface area contributed by atoms with Gasteiger partial charge in [-0.1, -0.05) is 24.3 Å². The van der Waals surface area contributed by atoms with Crippen molar-refractivity contribution in [3.8, 4) is 0 Å². The molecule has 1 fully saturated rings. The van der Waals surface area contributed by atoms with Crippen molar-refractivity contribution in [1.29, 1.82) is 0 Å². The Kier molecular flexibility index (Phi) is 2.05. The summed E-state index contributed by atoms with van der Waals surface area (Å²) >= 11 is 0. The molecular formula is C8H10N2O2. The van der Waals surface area contributed by atoms with E-state index in [0.29, 0.717) is 0 Å². The highest BCUT2D eigenvalue weighted by molar-refractivity contribution is 5.24. The van der Waals surface area contributed by atoms with E-state index < -0.39 is 0 Å². The van der Waals surface area contributed by atoms with Crippen LogP contribution in [0.1, 0.15) is 17.3 Å². The molecular weight excluding hydrogens is 156 g/mol. The normalized spacial score (nSPS) is 17.4. The fourth-order valence-corrected chi connectivity index (χ4v) is 1.07. The first-order chi connectivity index (χ1) is 5.90. The van der Waals surface area contributed by atoms with E-state index in [2.05, 4.69) is 15.9 Å². The summed E-state index contributed by atoms with van der Waals surface area (Å²) < 4.78 is 0. The lowest BCUT2D eigenvalue weighted by Gasteiger charge is -2.27. The van der Waals surface area contributed by atoms with E-state index in [9.17, 15) is 0 Å². The molecule has 0 amide bonds. The molecule has 4 nitrogen and oxygen atoms in total. The Morgan fingerprint density at radius 2 is 1.92 bits per heavy atom. The highest BCUT2D eigenvalue weighted by Gasteiger charge is 2.18. The van der Waals surface area contributed by atoms with E-state index in [1.165, 1.54) is 0 Å². The van der Waals surface area contributed by atoms with Crippen molar-refractivity contribution in [3.05, 3.63) is 35.4 Å². The van der Waals surface area contributed by atoms with E-state index in [4.69, 9.17) is 5.11 Å². The van der Waals surface area contributed by atoms with Crippen LogP contribution in [0, 0.1) is 0 Å². The Balaban J connectivity index is 2.13. The van der Waals surface area contributed by atoms with E-state index in [1.54, 1.807) is 0 Å². The second kappa shape index (κ2) is 3.20. The largest absolute Gasteiger partial charge is 0.392 e. The molecule has 64 valence electrons. The molecule has 1 aromatic carbocycles. The van der Waals surface area contributed by atoms with Gasteiger partial charge in [-0.2, -0.15) is 11.0 Å². The summed E-state index contributed by atoms with van der Waals surface area (Å²) in [5.41, 5.74) is 7.46. The summed E-state index contributed by atoms with van der Waals surface area (Å²) in [5.74, 6) is 0. The molecule has 0 saturated carbocycles. The lowest BCUT2D eigenvalue weighted by molar-refractivity contribution is -0.195. The number of nitrogens with one attached hydrogen (secondary N) is 2. The van der Waals surface area contributed by atoms with Crippen LogP contribution in [-0.2, 0) is 11.5 Å². The summed E-state index contributed by atoms with van der Waals surface area (Å²) in [6.45, 7) is 0.0856. The summed E-state index contributed by atoms with van der Waals surface area (Å²) in [4.78, 5) is 4.60. The fraction of sp³-hybridized carbons (Fsp3) is 0.250. The smallest absolute Gasteiger partial charge is 0.133 e. The molecule has 2 rings (SSSR count). The first kappa shape index (κ1) is 7.70. The van der Waals surface area contributed by atoms with Crippen molar-refractivity contribution < 1.29 is 10.0 Å². The van der Waals surface area contributed by atoms with Gasteiger partial charge < -0.3 is 5.11 Å².